The zero-order chi connectivity index (χ0) is 43.8. The lowest BCUT2D eigenvalue weighted by Gasteiger charge is -2.30. The van der Waals surface area contributed by atoms with Crippen molar-refractivity contribution in [3.8, 4) is 61.3 Å². The van der Waals surface area contributed by atoms with E-state index in [9.17, 15) is 0 Å². The van der Waals surface area contributed by atoms with Gasteiger partial charge in [0.25, 0.3) is 0 Å². The number of hydrogen-bond donors (Lipinski definition) is 0. The highest BCUT2D eigenvalue weighted by atomic mass is 15.1. The first kappa shape index (κ1) is 38.9. The standard InChI is InChI=1S/C64H44N2/c1-4-18-47(19-5-1)56-27-12-13-29-59(56)64-57(49-20-6-2-7-21-49)31-17-33-63(64)65(53-42-43-62-60(44-53)58-28-14-15-32-61(58)66(62)51-24-8-3-9-25-51)52-40-38-46(39-41-52)45-34-36-50(37-35-45)55-30-16-23-48-22-10-11-26-54(48)55/h1-44H. The van der Waals surface area contributed by atoms with Gasteiger partial charge in [0, 0.05) is 33.4 Å². The van der Waals surface area contributed by atoms with Crippen molar-refractivity contribution in [2.24, 2.45) is 0 Å². The second kappa shape index (κ2) is 16.8. The summed E-state index contributed by atoms with van der Waals surface area (Å²) in [7, 11) is 0. The third-order valence-corrected chi connectivity index (χ3v) is 13.0. The van der Waals surface area contributed by atoms with Crippen LogP contribution in [0.2, 0.25) is 0 Å². The van der Waals surface area contributed by atoms with Crippen LogP contribution < -0.4 is 4.90 Å². The van der Waals surface area contributed by atoms with Crippen LogP contribution in [0.25, 0.3) is 93.9 Å². The number of nitrogens with zero attached hydrogens (tertiary/aromatic N) is 2. The summed E-state index contributed by atoms with van der Waals surface area (Å²) in [6.07, 6.45) is 0. The van der Waals surface area contributed by atoms with E-state index in [1.54, 1.807) is 0 Å². The van der Waals surface area contributed by atoms with E-state index in [1.807, 2.05) is 0 Å². The average molecular weight is 841 g/mol. The van der Waals surface area contributed by atoms with E-state index < -0.39 is 0 Å². The molecule has 2 heteroatoms. The van der Waals surface area contributed by atoms with Crippen LogP contribution in [0.15, 0.2) is 267 Å². The van der Waals surface area contributed by atoms with Crippen LogP contribution in [0.1, 0.15) is 0 Å². The minimum Gasteiger partial charge on any atom is -0.310 e. The van der Waals surface area contributed by atoms with Crippen molar-refractivity contribution in [3.05, 3.63) is 267 Å². The van der Waals surface area contributed by atoms with Gasteiger partial charge in [0.1, 0.15) is 0 Å². The molecule has 0 fully saturated rings. The summed E-state index contributed by atoms with van der Waals surface area (Å²) in [6, 6.07) is 97.0. The van der Waals surface area contributed by atoms with E-state index in [0.29, 0.717) is 0 Å². The zero-order valence-corrected chi connectivity index (χ0v) is 36.3. The Kier molecular flexibility index (Phi) is 9.89. The number of fused-ring (bicyclic) bond motifs is 4. The first-order chi connectivity index (χ1) is 32.8. The monoisotopic (exact) mass is 840 g/mol. The van der Waals surface area contributed by atoms with Crippen molar-refractivity contribution >= 4 is 49.6 Å². The molecule has 0 atom stereocenters. The van der Waals surface area contributed by atoms with Gasteiger partial charge < -0.3 is 9.47 Å². The highest BCUT2D eigenvalue weighted by molar-refractivity contribution is 6.11. The Morgan fingerprint density at radius 1 is 0.273 bits per heavy atom. The van der Waals surface area contributed by atoms with Gasteiger partial charge in [-0.1, -0.05) is 212 Å². The summed E-state index contributed by atoms with van der Waals surface area (Å²) >= 11 is 0. The zero-order valence-electron chi connectivity index (χ0n) is 36.3. The molecule has 1 heterocycles. The Morgan fingerprint density at radius 2 is 0.758 bits per heavy atom. The van der Waals surface area contributed by atoms with Crippen molar-refractivity contribution in [2.75, 3.05) is 4.90 Å². The smallest absolute Gasteiger partial charge is 0.0546 e. The molecule has 0 radical (unpaired) electrons. The lowest BCUT2D eigenvalue weighted by Crippen LogP contribution is -2.12. The van der Waals surface area contributed by atoms with Crippen LogP contribution in [-0.4, -0.2) is 4.57 Å². The minimum atomic E-state index is 1.07. The molecule has 12 rings (SSSR count). The summed E-state index contributed by atoms with van der Waals surface area (Å²) in [5, 5.41) is 4.93. The fourth-order valence-corrected chi connectivity index (χ4v) is 9.94. The molecule has 0 saturated carbocycles. The van der Waals surface area contributed by atoms with E-state index in [-0.39, 0.29) is 0 Å². The van der Waals surface area contributed by atoms with Crippen LogP contribution in [0.5, 0.6) is 0 Å². The Hall–Kier alpha value is -8.72. The molecule has 0 N–H and O–H groups in total. The number of aromatic nitrogens is 1. The second-order valence-corrected chi connectivity index (χ2v) is 16.9. The molecule has 0 aliphatic rings. The number of anilines is 3. The molecular formula is C64H44N2. The summed E-state index contributed by atoms with van der Waals surface area (Å²) in [5.41, 5.74) is 18.6. The first-order valence-electron chi connectivity index (χ1n) is 22.7. The SMILES string of the molecule is c1ccc(-c2ccccc2-c2c(-c3ccccc3)cccc2N(c2ccc(-c3ccc(-c4cccc5ccccc45)cc3)cc2)c2ccc3c(c2)c2ccccc2n3-c2ccccc2)cc1. The summed E-state index contributed by atoms with van der Waals surface area (Å²) < 4.78 is 2.39. The predicted molar refractivity (Wildman–Crippen MR) is 280 cm³/mol. The molecule has 0 amide bonds. The van der Waals surface area contributed by atoms with Crippen molar-refractivity contribution < 1.29 is 0 Å². The van der Waals surface area contributed by atoms with Crippen molar-refractivity contribution in [1.82, 2.24) is 4.57 Å². The molecule has 0 saturated heterocycles. The fourth-order valence-electron chi connectivity index (χ4n) is 9.94. The van der Waals surface area contributed by atoms with Gasteiger partial charge in [-0.25, -0.2) is 0 Å². The van der Waals surface area contributed by atoms with E-state index in [1.165, 1.54) is 82.6 Å². The largest absolute Gasteiger partial charge is 0.310 e. The molecule has 2 nitrogen and oxygen atoms in total. The molecule has 0 aliphatic heterocycles. The number of hydrogen-bond acceptors (Lipinski definition) is 1. The van der Waals surface area contributed by atoms with Gasteiger partial charge in [-0.15, -0.1) is 0 Å². The molecule has 66 heavy (non-hydrogen) atoms. The van der Waals surface area contributed by atoms with Gasteiger partial charge in [-0.05, 0) is 115 Å². The Balaban J connectivity index is 1.06. The lowest BCUT2D eigenvalue weighted by atomic mass is 9.87. The molecular weight excluding hydrogens is 797 g/mol. The maximum Gasteiger partial charge on any atom is 0.0546 e. The Labute approximate surface area is 385 Å². The molecule has 1 aromatic heterocycles. The molecule has 12 aromatic rings. The highest BCUT2D eigenvalue weighted by Crippen LogP contribution is 2.49. The van der Waals surface area contributed by atoms with Gasteiger partial charge >= 0.3 is 0 Å². The van der Waals surface area contributed by atoms with Crippen LogP contribution in [0.4, 0.5) is 17.1 Å². The first-order valence-corrected chi connectivity index (χ1v) is 22.7. The molecule has 0 bridgehead atoms. The maximum absolute atomic E-state index is 2.46. The van der Waals surface area contributed by atoms with Gasteiger partial charge in [-0.2, -0.15) is 0 Å². The van der Waals surface area contributed by atoms with Crippen LogP contribution in [-0.2, 0) is 0 Å². The highest BCUT2D eigenvalue weighted by Gasteiger charge is 2.24. The second-order valence-electron chi connectivity index (χ2n) is 16.9. The summed E-state index contributed by atoms with van der Waals surface area (Å²) in [6.45, 7) is 0. The predicted octanol–water partition coefficient (Wildman–Crippen LogP) is 17.7. The van der Waals surface area contributed by atoms with Crippen LogP contribution in [0, 0.1) is 0 Å². The van der Waals surface area contributed by atoms with E-state index >= 15 is 0 Å². The van der Waals surface area contributed by atoms with Crippen molar-refractivity contribution in [1.29, 1.82) is 0 Å². The van der Waals surface area contributed by atoms with Gasteiger partial charge in [-0.3, -0.25) is 0 Å². The van der Waals surface area contributed by atoms with Crippen LogP contribution in [0.3, 0.4) is 0 Å². The average Bonchev–Trinajstić information content (AvgIpc) is 3.73. The van der Waals surface area contributed by atoms with Crippen molar-refractivity contribution in [2.45, 2.75) is 0 Å². The van der Waals surface area contributed by atoms with E-state index in [0.717, 1.165) is 28.3 Å². The number of para-hydroxylation sites is 2. The fraction of sp³-hybridized carbons (Fsp3) is 0. The van der Waals surface area contributed by atoms with Gasteiger partial charge in [0.2, 0.25) is 0 Å². The topological polar surface area (TPSA) is 8.17 Å². The third kappa shape index (κ3) is 6.93. The third-order valence-electron chi connectivity index (χ3n) is 13.0. The van der Waals surface area contributed by atoms with E-state index in [4.69, 9.17) is 0 Å². The number of rotatable bonds is 9. The molecule has 0 unspecified atom stereocenters. The van der Waals surface area contributed by atoms with E-state index in [2.05, 4.69) is 276 Å². The van der Waals surface area contributed by atoms with Crippen molar-refractivity contribution in [3.63, 3.8) is 0 Å². The maximum atomic E-state index is 2.46. The Morgan fingerprint density at radius 3 is 1.50 bits per heavy atom. The van der Waals surface area contributed by atoms with Gasteiger partial charge in [0.05, 0.1) is 16.7 Å². The molecule has 0 aliphatic carbocycles. The number of benzene rings is 11. The lowest BCUT2D eigenvalue weighted by molar-refractivity contribution is 1.18. The molecule has 0 spiro atoms. The van der Waals surface area contributed by atoms with Crippen LogP contribution >= 0.6 is 0 Å². The van der Waals surface area contributed by atoms with Gasteiger partial charge in [0.15, 0.2) is 0 Å². The summed E-state index contributed by atoms with van der Waals surface area (Å²) in [4.78, 5) is 2.46. The quantitative estimate of drug-likeness (QED) is 0.141. The normalized spacial score (nSPS) is 11.3. The summed E-state index contributed by atoms with van der Waals surface area (Å²) in [5.74, 6) is 0. The Bertz CT molecular complexity index is 3660. The molecule has 310 valence electrons. The minimum absolute atomic E-state index is 1.07. The molecule has 11 aromatic carbocycles.